The van der Waals surface area contributed by atoms with Crippen LogP contribution in [0.15, 0.2) is 11.4 Å². The van der Waals surface area contributed by atoms with E-state index in [0.29, 0.717) is 12.5 Å². The summed E-state index contributed by atoms with van der Waals surface area (Å²) in [5.41, 5.74) is 0.815. The highest BCUT2D eigenvalue weighted by atomic mass is 32.2. The van der Waals surface area contributed by atoms with Crippen molar-refractivity contribution in [3.63, 3.8) is 0 Å². The summed E-state index contributed by atoms with van der Waals surface area (Å²) >= 11 is 1.48. The first-order valence-corrected chi connectivity index (χ1v) is 9.77. The van der Waals surface area contributed by atoms with E-state index < -0.39 is 10.0 Å². The first-order valence-electron chi connectivity index (χ1n) is 7.23. The lowest BCUT2D eigenvalue weighted by molar-refractivity contribution is 0.350. The molecule has 1 fully saturated rings. The van der Waals surface area contributed by atoms with Crippen molar-refractivity contribution in [3.8, 4) is 11.8 Å². The fraction of sp³-hybridized carbons (Fsp3) is 0.600. The lowest BCUT2D eigenvalue weighted by Gasteiger charge is -2.21. The molecule has 0 unspecified atom stereocenters. The first kappa shape index (κ1) is 16.5. The van der Waals surface area contributed by atoms with Crippen LogP contribution >= 0.6 is 11.3 Å². The van der Waals surface area contributed by atoms with Gasteiger partial charge in [0.25, 0.3) is 0 Å². The molecule has 0 radical (unpaired) electrons. The number of sulfonamides is 1. The quantitative estimate of drug-likeness (QED) is 0.814. The van der Waals surface area contributed by atoms with E-state index in [2.05, 4.69) is 16.6 Å². The minimum absolute atomic E-state index is 0.167. The summed E-state index contributed by atoms with van der Waals surface area (Å²) in [5.74, 6) is 5.94. The number of thiophene rings is 1. The van der Waals surface area contributed by atoms with Gasteiger partial charge in [-0.3, -0.25) is 0 Å². The predicted octanol–water partition coefficient (Wildman–Crippen LogP) is 2.09. The largest absolute Gasteiger partial charge is 0.384 e. The molecule has 0 amide bonds. The Morgan fingerprint density at radius 3 is 2.81 bits per heavy atom. The van der Waals surface area contributed by atoms with E-state index in [-0.39, 0.29) is 12.4 Å². The molecule has 2 N–H and O–H groups in total. The van der Waals surface area contributed by atoms with Gasteiger partial charge in [-0.1, -0.05) is 31.1 Å². The van der Waals surface area contributed by atoms with E-state index in [0.717, 1.165) is 36.1 Å². The maximum absolute atomic E-state index is 12.1. The summed E-state index contributed by atoms with van der Waals surface area (Å²) in [7, 11) is -3.21. The molecule has 116 valence electrons. The highest BCUT2D eigenvalue weighted by Crippen LogP contribution is 2.24. The van der Waals surface area contributed by atoms with Gasteiger partial charge in [0.05, 0.1) is 5.75 Å². The molecule has 1 aromatic rings. The van der Waals surface area contributed by atoms with E-state index >= 15 is 0 Å². The molecule has 1 aromatic heterocycles. The fourth-order valence-corrected chi connectivity index (χ4v) is 4.88. The van der Waals surface area contributed by atoms with Crippen LogP contribution in [0.2, 0.25) is 0 Å². The summed E-state index contributed by atoms with van der Waals surface area (Å²) in [6.07, 6.45) is 5.59. The van der Waals surface area contributed by atoms with Crippen molar-refractivity contribution in [3.05, 3.63) is 21.9 Å². The van der Waals surface area contributed by atoms with Gasteiger partial charge in [0.1, 0.15) is 6.61 Å². The Morgan fingerprint density at radius 1 is 1.33 bits per heavy atom. The second kappa shape index (κ2) is 7.95. The molecule has 1 heterocycles. The second-order valence-corrected chi connectivity index (χ2v) is 8.22. The van der Waals surface area contributed by atoms with E-state index in [9.17, 15) is 8.42 Å². The molecule has 6 heteroatoms. The zero-order chi connectivity index (χ0) is 15.1. The normalized spacial score (nSPS) is 16.4. The molecule has 4 nitrogen and oxygen atoms in total. The average molecular weight is 327 g/mol. The average Bonchev–Trinajstić information content (AvgIpc) is 2.92. The van der Waals surface area contributed by atoms with Gasteiger partial charge in [0, 0.05) is 22.4 Å². The van der Waals surface area contributed by atoms with Crippen molar-refractivity contribution < 1.29 is 13.5 Å². The first-order chi connectivity index (χ1) is 10.1. The van der Waals surface area contributed by atoms with Crippen molar-refractivity contribution in [2.75, 3.05) is 12.4 Å². The lowest BCUT2D eigenvalue weighted by Crippen LogP contribution is -2.30. The third-order valence-electron chi connectivity index (χ3n) is 3.61. The van der Waals surface area contributed by atoms with Crippen LogP contribution in [0.4, 0.5) is 0 Å². The highest BCUT2D eigenvalue weighted by molar-refractivity contribution is 7.89. The van der Waals surface area contributed by atoms with Crippen LogP contribution in [0.5, 0.6) is 0 Å². The van der Waals surface area contributed by atoms with Crippen LogP contribution in [0.1, 0.15) is 42.5 Å². The van der Waals surface area contributed by atoms with E-state index in [1.165, 1.54) is 17.8 Å². The third-order valence-corrected chi connectivity index (χ3v) is 6.04. The van der Waals surface area contributed by atoms with Gasteiger partial charge >= 0.3 is 0 Å². The van der Waals surface area contributed by atoms with Crippen molar-refractivity contribution in [2.24, 2.45) is 5.92 Å². The molecule has 1 aliphatic rings. The molecule has 0 bridgehead atoms. The standard InChI is InChI=1S/C15H21NO3S2/c17-8-4-7-14-9-15(20-11-14)10-16-21(18,19)12-13-5-2-1-3-6-13/h9,11,13,16-17H,1-3,5-6,8,10,12H2. The zero-order valence-electron chi connectivity index (χ0n) is 12.0. The number of rotatable bonds is 5. The van der Waals surface area contributed by atoms with Gasteiger partial charge < -0.3 is 5.11 Å². The van der Waals surface area contributed by atoms with Crippen molar-refractivity contribution in [2.45, 2.75) is 38.6 Å². The van der Waals surface area contributed by atoms with Gasteiger partial charge in [-0.15, -0.1) is 11.3 Å². The predicted molar refractivity (Wildman–Crippen MR) is 85.5 cm³/mol. The Labute approximate surface area is 130 Å². The molecule has 2 rings (SSSR count). The number of hydrogen-bond donors (Lipinski definition) is 2. The summed E-state index contributed by atoms with van der Waals surface area (Å²) in [6.45, 7) is 0.153. The Hall–Kier alpha value is -0.870. The summed E-state index contributed by atoms with van der Waals surface area (Å²) in [6, 6.07) is 1.86. The van der Waals surface area contributed by atoms with E-state index in [4.69, 9.17) is 5.11 Å². The molecule has 1 saturated carbocycles. The second-order valence-electron chi connectivity index (χ2n) is 5.37. The van der Waals surface area contributed by atoms with Crippen molar-refractivity contribution >= 4 is 21.4 Å². The number of aliphatic hydroxyl groups is 1. The highest BCUT2D eigenvalue weighted by Gasteiger charge is 2.21. The van der Waals surface area contributed by atoms with Crippen LogP contribution in [0.25, 0.3) is 0 Å². The van der Waals surface area contributed by atoms with Crippen LogP contribution in [-0.2, 0) is 16.6 Å². The van der Waals surface area contributed by atoms with Crippen LogP contribution in [-0.4, -0.2) is 25.9 Å². The Balaban J connectivity index is 1.84. The minimum atomic E-state index is -3.21. The summed E-state index contributed by atoms with van der Waals surface area (Å²) < 4.78 is 26.8. The minimum Gasteiger partial charge on any atom is -0.384 e. The monoisotopic (exact) mass is 327 g/mol. The molecule has 0 spiro atoms. The molecule has 0 aromatic carbocycles. The zero-order valence-corrected chi connectivity index (χ0v) is 13.6. The number of hydrogen-bond acceptors (Lipinski definition) is 4. The van der Waals surface area contributed by atoms with Gasteiger partial charge in [-0.25, -0.2) is 13.1 Å². The summed E-state index contributed by atoms with van der Waals surface area (Å²) in [5, 5.41) is 10.5. The Morgan fingerprint density at radius 2 is 2.10 bits per heavy atom. The SMILES string of the molecule is O=S(=O)(CC1CCCCC1)NCc1cc(C#CCO)cs1. The van der Waals surface area contributed by atoms with Crippen LogP contribution in [0, 0.1) is 17.8 Å². The molecule has 0 saturated heterocycles. The van der Waals surface area contributed by atoms with Crippen molar-refractivity contribution in [1.82, 2.24) is 4.72 Å². The third kappa shape index (κ3) is 5.79. The van der Waals surface area contributed by atoms with Gasteiger partial charge in [0.15, 0.2) is 0 Å². The van der Waals surface area contributed by atoms with Crippen LogP contribution in [0.3, 0.4) is 0 Å². The Kier molecular flexibility index (Phi) is 6.24. The molecule has 1 aliphatic carbocycles. The van der Waals surface area contributed by atoms with Crippen LogP contribution < -0.4 is 4.72 Å². The maximum Gasteiger partial charge on any atom is 0.212 e. The van der Waals surface area contributed by atoms with Gasteiger partial charge in [-0.2, -0.15) is 0 Å². The topological polar surface area (TPSA) is 66.4 Å². The van der Waals surface area contributed by atoms with E-state index in [1.807, 2.05) is 11.4 Å². The van der Waals surface area contributed by atoms with Gasteiger partial charge in [0.2, 0.25) is 10.0 Å². The molecule has 0 aliphatic heterocycles. The molecule has 21 heavy (non-hydrogen) atoms. The maximum atomic E-state index is 12.1. The number of aliphatic hydroxyl groups excluding tert-OH is 1. The molecular formula is C15H21NO3S2. The molecule has 0 atom stereocenters. The van der Waals surface area contributed by atoms with Crippen molar-refractivity contribution in [1.29, 1.82) is 0 Å². The fourth-order valence-electron chi connectivity index (χ4n) is 2.58. The molecular weight excluding hydrogens is 306 g/mol. The van der Waals surface area contributed by atoms with Gasteiger partial charge in [-0.05, 0) is 24.8 Å². The smallest absolute Gasteiger partial charge is 0.212 e. The summed E-state index contributed by atoms with van der Waals surface area (Å²) in [4.78, 5) is 0.935. The Bertz CT molecular complexity index is 604. The lowest BCUT2D eigenvalue weighted by atomic mass is 9.91. The number of nitrogens with one attached hydrogen (secondary N) is 1. The van der Waals surface area contributed by atoms with E-state index in [1.54, 1.807) is 0 Å².